The lowest BCUT2D eigenvalue weighted by atomic mass is 9.94. The lowest BCUT2D eigenvalue weighted by Gasteiger charge is -2.36. The molecule has 2 heterocycles. The van der Waals surface area contributed by atoms with Crippen LogP contribution in [0.15, 0.2) is 36.8 Å². The SMILES string of the molecule is CC(C)(C)CN1CCC(Oc2ccc(C(=O)NCCc3cnccn3)cc2Cl)CC1. The topological polar surface area (TPSA) is 67.3 Å². The van der Waals surface area contributed by atoms with Crippen LogP contribution < -0.4 is 10.1 Å². The molecule has 0 atom stereocenters. The Bertz CT molecular complexity index is 831. The first-order valence-corrected chi connectivity index (χ1v) is 10.9. The van der Waals surface area contributed by atoms with Gasteiger partial charge in [-0.1, -0.05) is 32.4 Å². The van der Waals surface area contributed by atoms with Gasteiger partial charge in [-0.25, -0.2) is 0 Å². The maximum atomic E-state index is 12.4. The van der Waals surface area contributed by atoms with Gasteiger partial charge in [0.2, 0.25) is 0 Å². The molecule has 1 amide bonds. The highest BCUT2D eigenvalue weighted by Crippen LogP contribution is 2.29. The lowest BCUT2D eigenvalue weighted by molar-refractivity contribution is 0.0811. The molecule has 1 aromatic heterocycles. The zero-order valence-electron chi connectivity index (χ0n) is 18.0. The molecule has 1 aliphatic heterocycles. The average Bonchev–Trinajstić information content (AvgIpc) is 2.70. The number of benzene rings is 1. The van der Waals surface area contributed by atoms with E-state index >= 15 is 0 Å². The second-order valence-corrected chi connectivity index (χ2v) is 9.41. The third-order valence-electron chi connectivity index (χ3n) is 5.00. The van der Waals surface area contributed by atoms with Gasteiger partial charge in [-0.2, -0.15) is 0 Å². The van der Waals surface area contributed by atoms with Crippen molar-refractivity contribution in [3.63, 3.8) is 0 Å². The second kappa shape index (κ2) is 10.2. The van der Waals surface area contributed by atoms with Gasteiger partial charge < -0.3 is 15.0 Å². The molecular weight excluding hydrogens is 400 g/mol. The number of aromatic nitrogens is 2. The summed E-state index contributed by atoms with van der Waals surface area (Å²) < 4.78 is 6.13. The molecule has 0 radical (unpaired) electrons. The molecule has 0 unspecified atom stereocenters. The molecule has 0 spiro atoms. The summed E-state index contributed by atoms with van der Waals surface area (Å²) in [5, 5.41) is 3.35. The fourth-order valence-corrected chi connectivity index (χ4v) is 3.86. The van der Waals surface area contributed by atoms with Crippen molar-refractivity contribution in [3.05, 3.63) is 53.1 Å². The number of carbonyl (C=O) groups excluding carboxylic acids is 1. The Kier molecular flexibility index (Phi) is 7.67. The number of nitrogens with one attached hydrogen (secondary N) is 1. The Morgan fingerprint density at radius 2 is 2.03 bits per heavy atom. The lowest BCUT2D eigenvalue weighted by Crippen LogP contribution is -2.42. The van der Waals surface area contributed by atoms with Crippen molar-refractivity contribution in [3.8, 4) is 5.75 Å². The van der Waals surface area contributed by atoms with E-state index in [1.165, 1.54) is 0 Å². The van der Waals surface area contributed by atoms with E-state index in [4.69, 9.17) is 16.3 Å². The van der Waals surface area contributed by atoms with Gasteiger partial charge in [-0.05, 0) is 36.5 Å². The van der Waals surface area contributed by atoms with Gasteiger partial charge >= 0.3 is 0 Å². The van der Waals surface area contributed by atoms with Crippen LogP contribution in [0.1, 0.15) is 49.7 Å². The predicted molar refractivity (Wildman–Crippen MR) is 119 cm³/mol. The molecule has 1 aliphatic rings. The number of hydrogen-bond donors (Lipinski definition) is 1. The summed E-state index contributed by atoms with van der Waals surface area (Å²) in [6.45, 7) is 10.5. The molecule has 1 aromatic carbocycles. The van der Waals surface area contributed by atoms with Crippen LogP contribution in [0.4, 0.5) is 0 Å². The van der Waals surface area contributed by atoms with Gasteiger partial charge in [0.25, 0.3) is 5.91 Å². The van der Waals surface area contributed by atoms with Crippen molar-refractivity contribution >= 4 is 17.5 Å². The Balaban J connectivity index is 1.47. The summed E-state index contributed by atoms with van der Waals surface area (Å²) in [6, 6.07) is 5.22. The van der Waals surface area contributed by atoms with Crippen LogP contribution in [0, 0.1) is 5.41 Å². The van der Waals surface area contributed by atoms with Gasteiger partial charge in [0.15, 0.2) is 0 Å². The fraction of sp³-hybridized carbons (Fsp3) is 0.522. The number of hydrogen-bond acceptors (Lipinski definition) is 5. The molecule has 0 saturated carbocycles. The minimum absolute atomic E-state index is 0.158. The van der Waals surface area contributed by atoms with E-state index in [2.05, 4.69) is 41.0 Å². The zero-order chi connectivity index (χ0) is 21.6. The van der Waals surface area contributed by atoms with Gasteiger partial charge in [0.05, 0.1) is 10.7 Å². The summed E-state index contributed by atoms with van der Waals surface area (Å²) in [7, 11) is 0. The standard InChI is InChI=1S/C23H31ClN4O2/c1-23(2,3)16-28-12-7-19(8-13-28)30-21-5-4-17(14-20(21)24)22(29)27-9-6-18-15-25-10-11-26-18/h4-5,10-11,14-15,19H,6-9,12-13,16H2,1-3H3,(H,27,29). The molecule has 1 N–H and O–H groups in total. The first-order valence-electron chi connectivity index (χ1n) is 10.5. The van der Waals surface area contributed by atoms with Crippen LogP contribution in [0.5, 0.6) is 5.75 Å². The number of halogens is 1. The van der Waals surface area contributed by atoms with Crippen molar-refractivity contribution in [1.29, 1.82) is 0 Å². The summed E-state index contributed by atoms with van der Waals surface area (Å²) >= 11 is 6.40. The van der Waals surface area contributed by atoms with Crippen molar-refractivity contribution in [1.82, 2.24) is 20.2 Å². The maximum Gasteiger partial charge on any atom is 0.251 e. The molecule has 0 aliphatic carbocycles. The third-order valence-corrected chi connectivity index (χ3v) is 5.30. The van der Waals surface area contributed by atoms with Crippen LogP contribution in [0.25, 0.3) is 0 Å². The van der Waals surface area contributed by atoms with E-state index in [1.54, 1.807) is 36.8 Å². The Hall–Kier alpha value is -2.18. The molecule has 0 bridgehead atoms. The number of piperidine rings is 1. The first-order chi connectivity index (χ1) is 14.3. The molecule has 30 heavy (non-hydrogen) atoms. The number of rotatable bonds is 7. The molecule has 6 nitrogen and oxygen atoms in total. The van der Waals surface area contributed by atoms with Crippen LogP contribution in [-0.4, -0.2) is 53.1 Å². The van der Waals surface area contributed by atoms with Crippen molar-refractivity contribution in [2.75, 3.05) is 26.2 Å². The van der Waals surface area contributed by atoms with Crippen LogP contribution in [0.3, 0.4) is 0 Å². The molecular formula is C23H31ClN4O2. The maximum absolute atomic E-state index is 12.4. The highest BCUT2D eigenvalue weighted by molar-refractivity contribution is 6.32. The van der Waals surface area contributed by atoms with Crippen LogP contribution in [0.2, 0.25) is 5.02 Å². The molecule has 162 valence electrons. The summed E-state index contributed by atoms with van der Waals surface area (Å²) in [5.74, 6) is 0.477. The molecule has 1 fully saturated rings. The number of likely N-dealkylation sites (tertiary alicyclic amines) is 1. The zero-order valence-corrected chi connectivity index (χ0v) is 18.8. The number of nitrogens with zero attached hydrogens (tertiary/aromatic N) is 3. The molecule has 7 heteroatoms. The Labute approximate surface area is 184 Å². The van der Waals surface area contributed by atoms with Crippen molar-refractivity contribution in [2.24, 2.45) is 5.41 Å². The minimum atomic E-state index is -0.164. The smallest absolute Gasteiger partial charge is 0.251 e. The Morgan fingerprint density at radius 1 is 1.27 bits per heavy atom. The number of ether oxygens (including phenoxy) is 1. The quantitative estimate of drug-likeness (QED) is 0.719. The minimum Gasteiger partial charge on any atom is -0.489 e. The summed E-state index contributed by atoms with van der Waals surface area (Å²) in [4.78, 5) is 23.1. The largest absolute Gasteiger partial charge is 0.489 e. The van der Waals surface area contributed by atoms with Crippen molar-refractivity contribution < 1.29 is 9.53 Å². The van der Waals surface area contributed by atoms with E-state index in [0.717, 1.165) is 38.2 Å². The second-order valence-electron chi connectivity index (χ2n) is 9.00. The van der Waals surface area contributed by atoms with Gasteiger partial charge in [0.1, 0.15) is 11.9 Å². The summed E-state index contributed by atoms with van der Waals surface area (Å²) in [6.07, 6.45) is 7.72. The highest BCUT2D eigenvalue weighted by atomic mass is 35.5. The molecule has 2 aromatic rings. The third kappa shape index (κ3) is 6.96. The molecule has 1 saturated heterocycles. The normalized spacial score (nSPS) is 15.7. The van der Waals surface area contributed by atoms with E-state index in [-0.39, 0.29) is 12.0 Å². The highest BCUT2D eigenvalue weighted by Gasteiger charge is 2.24. The first kappa shape index (κ1) is 22.5. The van der Waals surface area contributed by atoms with E-state index in [9.17, 15) is 4.79 Å². The number of amides is 1. The van der Waals surface area contributed by atoms with Crippen molar-refractivity contribution in [2.45, 2.75) is 46.1 Å². The fourth-order valence-electron chi connectivity index (χ4n) is 3.64. The summed E-state index contributed by atoms with van der Waals surface area (Å²) in [5.41, 5.74) is 1.67. The van der Waals surface area contributed by atoms with Crippen LogP contribution >= 0.6 is 11.6 Å². The Morgan fingerprint density at radius 3 is 2.67 bits per heavy atom. The molecule has 3 rings (SSSR count). The average molecular weight is 431 g/mol. The van der Waals surface area contributed by atoms with Crippen LogP contribution in [-0.2, 0) is 6.42 Å². The van der Waals surface area contributed by atoms with E-state index in [0.29, 0.717) is 34.7 Å². The van der Waals surface area contributed by atoms with Gasteiger partial charge in [-0.15, -0.1) is 0 Å². The van der Waals surface area contributed by atoms with Gasteiger partial charge in [0, 0.05) is 56.8 Å². The number of carbonyl (C=O) groups is 1. The predicted octanol–water partition coefficient (Wildman–Crippen LogP) is 3.99. The van der Waals surface area contributed by atoms with E-state index < -0.39 is 0 Å². The monoisotopic (exact) mass is 430 g/mol. The van der Waals surface area contributed by atoms with Gasteiger partial charge in [-0.3, -0.25) is 14.8 Å². The van der Waals surface area contributed by atoms with E-state index in [1.807, 2.05) is 0 Å².